The van der Waals surface area contributed by atoms with Crippen molar-refractivity contribution in [2.75, 3.05) is 0 Å². The van der Waals surface area contributed by atoms with Crippen molar-refractivity contribution in [3.63, 3.8) is 0 Å². The third kappa shape index (κ3) is 2.77. The van der Waals surface area contributed by atoms with Gasteiger partial charge in [-0.1, -0.05) is 12.1 Å². The van der Waals surface area contributed by atoms with E-state index in [0.717, 1.165) is 42.2 Å². The number of rotatable bonds is 3. The van der Waals surface area contributed by atoms with Crippen molar-refractivity contribution in [1.29, 1.82) is 0 Å². The second-order valence-corrected chi connectivity index (χ2v) is 14.2. The lowest BCUT2D eigenvalue weighted by molar-refractivity contribution is -0.186. The van der Waals surface area contributed by atoms with E-state index in [1.54, 1.807) is 24.3 Å². The maximum Gasteiger partial charge on any atom is 0.123 e. The molecule has 0 saturated heterocycles. The molecule has 4 nitrogen and oxygen atoms in total. The van der Waals surface area contributed by atoms with Gasteiger partial charge in [0.2, 0.25) is 0 Å². The van der Waals surface area contributed by atoms with Crippen LogP contribution >= 0.6 is 0 Å². The normalized spacial score (nSPS) is 45.9. The molecule has 2 aromatic carbocycles. The Kier molecular flexibility index (Phi) is 4.18. The molecule has 8 aliphatic carbocycles. The highest BCUT2D eigenvalue weighted by atomic mass is 16.3. The van der Waals surface area contributed by atoms with Gasteiger partial charge in [-0.25, -0.2) is 0 Å². The summed E-state index contributed by atoms with van der Waals surface area (Å²) in [5.74, 6) is 5.02. The van der Waals surface area contributed by atoms with E-state index in [-0.39, 0.29) is 39.2 Å². The molecule has 0 heterocycles. The third-order valence-corrected chi connectivity index (χ3v) is 12.1. The predicted molar refractivity (Wildman–Crippen MR) is 137 cm³/mol. The van der Waals surface area contributed by atoms with Crippen LogP contribution in [-0.2, 0) is 10.8 Å². The predicted octanol–water partition coefficient (Wildman–Crippen LogP) is 6.74. The molecule has 2 aromatic rings. The van der Waals surface area contributed by atoms with Crippen molar-refractivity contribution < 1.29 is 20.4 Å². The van der Waals surface area contributed by atoms with E-state index in [4.69, 9.17) is 0 Å². The molecule has 8 saturated carbocycles. The molecule has 8 bridgehead atoms. The molecule has 4 N–H and O–H groups in total. The SMILES string of the molecule is Oc1ccc(C23CC4CC(C2)CC(C2C5CC6CC(C5)CC2(c2ccc(O)cc2O)C6)(C4)C3)c(O)c1. The molecular weight excluding hydrogens is 448 g/mol. The number of phenolic OH excluding ortho intramolecular Hbond substituents is 4. The van der Waals surface area contributed by atoms with Gasteiger partial charge in [-0.3, -0.25) is 0 Å². The van der Waals surface area contributed by atoms with Crippen molar-refractivity contribution in [1.82, 2.24) is 0 Å². The van der Waals surface area contributed by atoms with Crippen LogP contribution in [0.15, 0.2) is 36.4 Å². The summed E-state index contributed by atoms with van der Waals surface area (Å²) in [5, 5.41) is 42.4. The van der Waals surface area contributed by atoms with Gasteiger partial charge in [-0.15, -0.1) is 0 Å². The van der Waals surface area contributed by atoms with Gasteiger partial charge < -0.3 is 20.4 Å². The highest BCUT2D eigenvalue weighted by Crippen LogP contribution is 2.76. The monoisotopic (exact) mass is 486 g/mol. The van der Waals surface area contributed by atoms with Crippen LogP contribution in [0.25, 0.3) is 0 Å². The average molecular weight is 487 g/mol. The molecule has 36 heavy (non-hydrogen) atoms. The van der Waals surface area contributed by atoms with Gasteiger partial charge in [0, 0.05) is 34.1 Å². The highest BCUT2D eigenvalue weighted by molar-refractivity contribution is 5.48. The van der Waals surface area contributed by atoms with E-state index >= 15 is 0 Å². The fourth-order valence-corrected chi connectivity index (χ4v) is 12.4. The lowest BCUT2D eigenvalue weighted by Crippen LogP contribution is -2.65. The van der Waals surface area contributed by atoms with Gasteiger partial charge in [0.05, 0.1) is 0 Å². The summed E-state index contributed by atoms with van der Waals surface area (Å²) in [6.07, 6.45) is 13.7. The number of benzene rings is 2. The van der Waals surface area contributed by atoms with E-state index < -0.39 is 0 Å². The summed E-state index contributed by atoms with van der Waals surface area (Å²) in [7, 11) is 0. The summed E-state index contributed by atoms with van der Waals surface area (Å²) in [5.41, 5.74) is 2.38. The lowest BCUT2D eigenvalue weighted by atomic mass is 9.32. The largest absolute Gasteiger partial charge is 0.508 e. The molecule has 0 aromatic heterocycles. The fraction of sp³-hybridized carbons (Fsp3) is 0.625. The Morgan fingerprint density at radius 1 is 0.583 bits per heavy atom. The van der Waals surface area contributed by atoms with E-state index in [9.17, 15) is 20.4 Å². The number of aromatic hydroxyl groups is 4. The summed E-state index contributed by atoms with van der Waals surface area (Å²) in [6.45, 7) is 0. The van der Waals surface area contributed by atoms with Gasteiger partial charge in [-0.05, 0) is 124 Å². The van der Waals surface area contributed by atoms with Crippen LogP contribution in [0.1, 0.15) is 81.8 Å². The first kappa shape index (κ1) is 21.7. The summed E-state index contributed by atoms with van der Waals surface area (Å²) >= 11 is 0. The van der Waals surface area contributed by atoms with E-state index in [0.29, 0.717) is 23.7 Å². The first-order valence-electron chi connectivity index (χ1n) is 14.3. The standard InChI is InChI=1S/C32H38O4/c33-23-1-3-25(27(35)9-23)30-11-20-6-21(12-30)14-31(13-20,17-30)29-22-7-18-5-19(8-22)16-32(29,15-18)26-4-2-24(34)10-28(26)36/h1-4,9-10,18-22,29,33-36H,5-8,11-17H2. The summed E-state index contributed by atoms with van der Waals surface area (Å²) in [6, 6.07) is 10.7. The lowest BCUT2D eigenvalue weighted by Gasteiger charge is -2.72. The Morgan fingerprint density at radius 3 is 1.72 bits per heavy atom. The first-order chi connectivity index (χ1) is 17.3. The zero-order valence-corrected chi connectivity index (χ0v) is 21.0. The van der Waals surface area contributed by atoms with Crippen LogP contribution in [0.5, 0.6) is 23.0 Å². The molecule has 10 rings (SSSR count). The topological polar surface area (TPSA) is 80.9 Å². The second-order valence-electron chi connectivity index (χ2n) is 14.2. The Balaban J connectivity index is 1.29. The molecule has 0 aliphatic heterocycles. The Hall–Kier alpha value is -2.36. The molecule has 0 amide bonds. The molecule has 5 atom stereocenters. The Bertz CT molecular complexity index is 1220. The summed E-state index contributed by atoms with van der Waals surface area (Å²) < 4.78 is 0. The van der Waals surface area contributed by atoms with Crippen molar-refractivity contribution in [3.8, 4) is 23.0 Å². The van der Waals surface area contributed by atoms with Crippen LogP contribution < -0.4 is 0 Å². The number of hydrogen-bond donors (Lipinski definition) is 4. The first-order valence-corrected chi connectivity index (χ1v) is 14.3. The molecule has 190 valence electrons. The van der Waals surface area contributed by atoms with Gasteiger partial charge in [-0.2, -0.15) is 0 Å². The smallest absolute Gasteiger partial charge is 0.123 e. The molecule has 5 unspecified atom stereocenters. The number of hydrogen-bond acceptors (Lipinski definition) is 4. The van der Waals surface area contributed by atoms with E-state index in [2.05, 4.69) is 0 Å². The Labute approximate surface area is 213 Å². The molecule has 0 radical (unpaired) electrons. The van der Waals surface area contributed by atoms with Crippen molar-refractivity contribution >= 4 is 0 Å². The molecule has 4 heteroatoms. The molecule has 8 fully saturated rings. The Morgan fingerprint density at radius 2 is 1.14 bits per heavy atom. The average Bonchev–Trinajstić information content (AvgIpc) is 2.76. The van der Waals surface area contributed by atoms with Crippen LogP contribution in [0.3, 0.4) is 0 Å². The van der Waals surface area contributed by atoms with Gasteiger partial charge >= 0.3 is 0 Å². The number of phenols is 4. The van der Waals surface area contributed by atoms with Crippen molar-refractivity contribution in [2.45, 2.75) is 81.5 Å². The van der Waals surface area contributed by atoms with Crippen LogP contribution in [0.4, 0.5) is 0 Å². The molecule has 8 aliphatic rings. The minimum atomic E-state index is -0.00524. The van der Waals surface area contributed by atoms with Gasteiger partial charge in [0.15, 0.2) is 0 Å². The third-order valence-electron chi connectivity index (χ3n) is 12.1. The maximum atomic E-state index is 11.2. The summed E-state index contributed by atoms with van der Waals surface area (Å²) in [4.78, 5) is 0. The minimum Gasteiger partial charge on any atom is -0.508 e. The zero-order valence-electron chi connectivity index (χ0n) is 21.0. The van der Waals surface area contributed by atoms with Crippen LogP contribution in [0.2, 0.25) is 0 Å². The second kappa shape index (κ2) is 6.94. The van der Waals surface area contributed by atoms with Crippen LogP contribution in [0, 0.1) is 40.9 Å². The van der Waals surface area contributed by atoms with Crippen molar-refractivity contribution in [2.24, 2.45) is 40.9 Å². The molecular formula is C32H38O4. The van der Waals surface area contributed by atoms with Crippen molar-refractivity contribution in [3.05, 3.63) is 47.5 Å². The maximum absolute atomic E-state index is 11.2. The van der Waals surface area contributed by atoms with Gasteiger partial charge in [0.1, 0.15) is 23.0 Å². The van der Waals surface area contributed by atoms with E-state index in [1.807, 2.05) is 12.1 Å². The molecule has 0 spiro atoms. The quantitative estimate of drug-likeness (QED) is 0.387. The van der Waals surface area contributed by atoms with Crippen LogP contribution in [-0.4, -0.2) is 20.4 Å². The highest BCUT2D eigenvalue weighted by Gasteiger charge is 2.69. The zero-order chi connectivity index (χ0) is 24.4. The van der Waals surface area contributed by atoms with Gasteiger partial charge in [0.25, 0.3) is 0 Å². The minimum absolute atomic E-state index is 0.00358. The van der Waals surface area contributed by atoms with E-state index in [1.165, 1.54) is 51.4 Å². The fourth-order valence-electron chi connectivity index (χ4n) is 12.4.